The molecule has 1 heterocycles. The van der Waals surface area contributed by atoms with Gasteiger partial charge in [-0.25, -0.2) is 18.2 Å². The molecule has 0 unspecified atom stereocenters. The first-order valence-corrected chi connectivity index (χ1v) is 4.03. The highest BCUT2D eigenvalue weighted by Crippen LogP contribution is 2.24. The molecule has 0 bridgehead atoms. The van der Waals surface area contributed by atoms with E-state index in [4.69, 9.17) is 23.2 Å². The normalized spacial score (nSPS) is 10.7. The smallest absolute Gasteiger partial charge is 0.275 e. The maximum absolute atomic E-state index is 13.0. The molecule has 0 saturated heterocycles. The Hall–Kier alpha value is -0.810. The van der Waals surface area contributed by atoms with Gasteiger partial charge in [0.2, 0.25) is 0 Å². The van der Waals surface area contributed by atoms with Crippen molar-refractivity contribution in [1.29, 1.82) is 0 Å². The zero-order valence-electron chi connectivity index (χ0n) is 6.40. The van der Waals surface area contributed by atoms with Gasteiger partial charge in [0.05, 0.1) is 0 Å². The Labute approximate surface area is 86.6 Å². The summed E-state index contributed by atoms with van der Waals surface area (Å²) < 4.78 is 37.1. The molecule has 0 atom stereocenters. The number of hydrogen-bond acceptors (Lipinski definition) is 2. The molecule has 1 aromatic heterocycles. The highest BCUT2D eigenvalue weighted by atomic mass is 35.5. The average molecular weight is 244 g/mol. The van der Waals surface area contributed by atoms with Crippen molar-refractivity contribution in [3.8, 4) is 0 Å². The number of pyridine rings is 1. The summed E-state index contributed by atoms with van der Waals surface area (Å²) in [4.78, 5) is 13.7. The molecule has 0 spiro atoms. The maximum atomic E-state index is 13.0. The minimum Gasteiger partial charge on any atom is -0.275 e. The SMILES string of the molecule is O=C(Cl)c1c(F)cc(C(F)F)nc1Cl. The van der Waals surface area contributed by atoms with E-state index in [2.05, 4.69) is 4.98 Å². The second kappa shape index (κ2) is 4.14. The van der Waals surface area contributed by atoms with Gasteiger partial charge in [-0.2, -0.15) is 0 Å². The molecule has 0 aliphatic carbocycles. The Morgan fingerprint density at radius 3 is 2.43 bits per heavy atom. The Kier molecular flexibility index (Phi) is 3.34. The maximum Gasteiger partial charge on any atom is 0.280 e. The third-order valence-corrected chi connectivity index (χ3v) is 1.83. The van der Waals surface area contributed by atoms with Crippen molar-refractivity contribution in [1.82, 2.24) is 4.98 Å². The van der Waals surface area contributed by atoms with E-state index in [1.165, 1.54) is 0 Å². The summed E-state index contributed by atoms with van der Waals surface area (Å²) in [5, 5.41) is -1.85. The van der Waals surface area contributed by atoms with Gasteiger partial charge in [-0.05, 0) is 11.6 Å². The van der Waals surface area contributed by atoms with Crippen molar-refractivity contribution < 1.29 is 18.0 Å². The van der Waals surface area contributed by atoms with Crippen molar-refractivity contribution in [2.45, 2.75) is 6.43 Å². The van der Waals surface area contributed by atoms with Crippen LogP contribution in [0.2, 0.25) is 5.15 Å². The Balaban J connectivity index is 3.32. The molecule has 0 aromatic carbocycles. The first kappa shape index (κ1) is 11.3. The Bertz CT molecular complexity index is 360. The topological polar surface area (TPSA) is 30.0 Å². The number of hydrogen-bond donors (Lipinski definition) is 0. The minimum absolute atomic E-state index is 0.423. The number of rotatable bonds is 2. The van der Waals surface area contributed by atoms with Gasteiger partial charge in [0.1, 0.15) is 22.2 Å². The van der Waals surface area contributed by atoms with Gasteiger partial charge < -0.3 is 0 Å². The summed E-state index contributed by atoms with van der Waals surface area (Å²) >= 11 is 10.2. The van der Waals surface area contributed by atoms with E-state index in [9.17, 15) is 18.0 Å². The van der Waals surface area contributed by atoms with Crippen LogP contribution in [0.3, 0.4) is 0 Å². The molecule has 1 rings (SSSR count). The van der Waals surface area contributed by atoms with Gasteiger partial charge in [0.15, 0.2) is 0 Å². The highest BCUT2D eigenvalue weighted by Gasteiger charge is 2.20. The standard InChI is InChI=1S/C7H2Cl2F3NO/c8-5-4(6(9)14)2(10)1-3(13-5)7(11)12/h1,7H. The lowest BCUT2D eigenvalue weighted by Crippen LogP contribution is -2.02. The van der Waals surface area contributed by atoms with Crippen LogP contribution < -0.4 is 0 Å². The van der Waals surface area contributed by atoms with Crippen LogP contribution in [0.1, 0.15) is 22.5 Å². The molecule has 1 aromatic rings. The number of halogens is 5. The van der Waals surface area contributed by atoms with Crippen molar-refractivity contribution in [2.75, 3.05) is 0 Å². The van der Waals surface area contributed by atoms with Gasteiger partial charge in [-0.3, -0.25) is 4.79 Å². The lowest BCUT2D eigenvalue weighted by molar-refractivity contribution is 0.107. The molecule has 14 heavy (non-hydrogen) atoms. The molecule has 2 nitrogen and oxygen atoms in total. The molecular weight excluding hydrogens is 242 g/mol. The second-order valence-electron chi connectivity index (χ2n) is 2.27. The molecule has 0 fully saturated rings. The first-order valence-electron chi connectivity index (χ1n) is 3.27. The summed E-state index contributed by atoms with van der Waals surface area (Å²) in [5.41, 5.74) is -1.54. The van der Waals surface area contributed by atoms with E-state index >= 15 is 0 Å². The molecule has 0 aliphatic rings. The summed E-state index contributed by atoms with van der Waals surface area (Å²) in [7, 11) is 0. The van der Waals surface area contributed by atoms with E-state index in [-0.39, 0.29) is 0 Å². The van der Waals surface area contributed by atoms with Crippen molar-refractivity contribution in [3.63, 3.8) is 0 Å². The third kappa shape index (κ3) is 2.16. The van der Waals surface area contributed by atoms with E-state index in [1.54, 1.807) is 0 Å². The quantitative estimate of drug-likeness (QED) is 0.590. The zero-order valence-corrected chi connectivity index (χ0v) is 7.91. The van der Waals surface area contributed by atoms with E-state index in [0.717, 1.165) is 0 Å². The molecule has 0 aliphatic heterocycles. The lowest BCUT2D eigenvalue weighted by Gasteiger charge is -2.03. The Morgan fingerprint density at radius 1 is 1.50 bits per heavy atom. The van der Waals surface area contributed by atoms with Crippen LogP contribution in [-0.4, -0.2) is 10.2 Å². The minimum atomic E-state index is -2.96. The van der Waals surface area contributed by atoms with Gasteiger partial charge in [-0.15, -0.1) is 0 Å². The van der Waals surface area contributed by atoms with Crippen LogP contribution in [-0.2, 0) is 0 Å². The lowest BCUT2D eigenvalue weighted by atomic mass is 10.2. The predicted octanol–water partition coefficient (Wildman–Crippen LogP) is 3.19. The predicted molar refractivity (Wildman–Crippen MR) is 44.3 cm³/mol. The number of alkyl halides is 2. The molecule has 76 valence electrons. The van der Waals surface area contributed by atoms with E-state index < -0.39 is 33.9 Å². The number of carbonyl (C=O) groups is 1. The summed E-state index contributed by atoms with van der Waals surface area (Å²) in [5.74, 6) is -1.21. The van der Waals surface area contributed by atoms with Crippen LogP contribution in [0.25, 0.3) is 0 Å². The summed E-state index contributed by atoms with van der Waals surface area (Å²) in [6.07, 6.45) is -2.96. The fourth-order valence-electron chi connectivity index (χ4n) is 0.789. The molecule has 0 amide bonds. The number of carbonyl (C=O) groups excluding carboxylic acids is 1. The molecule has 7 heteroatoms. The van der Waals surface area contributed by atoms with E-state index in [1.807, 2.05) is 0 Å². The van der Waals surface area contributed by atoms with Gasteiger partial charge in [-0.1, -0.05) is 11.6 Å². The molecule has 0 saturated carbocycles. The molecule has 0 radical (unpaired) electrons. The van der Waals surface area contributed by atoms with Crippen LogP contribution in [0.4, 0.5) is 13.2 Å². The van der Waals surface area contributed by atoms with Gasteiger partial charge in [0.25, 0.3) is 11.7 Å². The average Bonchev–Trinajstić information content (AvgIpc) is 2.01. The van der Waals surface area contributed by atoms with Crippen molar-refractivity contribution in [2.24, 2.45) is 0 Å². The van der Waals surface area contributed by atoms with Gasteiger partial charge >= 0.3 is 0 Å². The summed E-state index contributed by atoms with van der Waals surface area (Å²) in [6, 6.07) is 0.423. The number of nitrogens with zero attached hydrogens (tertiary/aromatic N) is 1. The van der Waals surface area contributed by atoms with Crippen LogP contribution >= 0.6 is 23.2 Å². The monoisotopic (exact) mass is 243 g/mol. The van der Waals surface area contributed by atoms with Crippen LogP contribution in [0.5, 0.6) is 0 Å². The zero-order chi connectivity index (χ0) is 10.9. The van der Waals surface area contributed by atoms with Crippen molar-refractivity contribution in [3.05, 3.63) is 28.3 Å². The number of aromatic nitrogens is 1. The Morgan fingerprint density at radius 2 is 2.07 bits per heavy atom. The molecular formula is C7H2Cl2F3NO. The first-order chi connectivity index (χ1) is 6.43. The molecule has 0 N–H and O–H groups in total. The fraction of sp³-hybridized carbons (Fsp3) is 0.143. The van der Waals surface area contributed by atoms with E-state index in [0.29, 0.717) is 6.07 Å². The largest absolute Gasteiger partial charge is 0.280 e. The second-order valence-corrected chi connectivity index (χ2v) is 2.97. The van der Waals surface area contributed by atoms with Crippen molar-refractivity contribution >= 4 is 28.4 Å². The third-order valence-electron chi connectivity index (χ3n) is 1.37. The summed E-state index contributed by atoms with van der Waals surface area (Å²) in [6.45, 7) is 0. The fourth-order valence-corrected chi connectivity index (χ4v) is 1.29. The van der Waals surface area contributed by atoms with Crippen LogP contribution in [0, 0.1) is 5.82 Å². The van der Waals surface area contributed by atoms with Gasteiger partial charge in [0, 0.05) is 6.07 Å². The highest BCUT2D eigenvalue weighted by molar-refractivity contribution is 6.68. The van der Waals surface area contributed by atoms with Crippen LogP contribution in [0.15, 0.2) is 6.07 Å².